The number of hydrogen-bond donors (Lipinski definition) is 1. The number of amides is 1. The lowest BCUT2D eigenvalue weighted by atomic mass is 10.1. The van der Waals surface area contributed by atoms with E-state index in [1.807, 2.05) is 6.92 Å². The molecule has 0 heterocycles. The van der Waals surface area contributed by atoms with Gasteiger partial charge in [0.2, 0.25) is 0 Å². The Morgan fingerprint density at radius 2 is 2.00 bits per heavy atom. The van der Waals surface area contributed by atoms with Gasteiger partial charge in [-0.2, -0.15) is 0 Å². The standard InChI is InChI=1S/C14H19Cl2NO3S/c1-3-4-5-6-10(2)17-14(18)12-9-11(21(16,19)20)7-8-13(12)15/h7-10H,3-6H2,1-2H3,(H,17,18). The van der Waals surface area contributed by atoms with Crippen LogP contribution in [0, 0.1) is 0 Å². The van der Waals surface area contributed by atoms with Crippen molar-refractivity contribution in [1.82, 2.24) is 5.32 Å². The summed E-state index contributed by atoms with van der Waals surface area (Å²) < 4.78 is 22.6. The minimum atomic E-state index is -3.89. The van der Waals surface area contributed by atoms with Gasteiger partial charge in [-0.25, -0.2) is 8.42 Å². The monoisotopic (exact) mass is 351 g/mol. The molecule has 0 saturated heterocycles. The second-order valence-electron chi connectivity index (χ2n) is 4.95. The maximum Gasteiger partial charge on any atom is 0.261 e. The third kappa shape index (κ3) is 5.85. The molecule has 0 radical (unpaired) electrons. The molecule has 118 valence electrons. The molecule has 1 rings (SSSR count). The molecule has 0 aliphatic carbocycles. The van der Waals surface area contributed by atoms with E-state index in [9.17, 15) is 13.2 Å². The molecule has 1 amide bonds. The van der Waals surface area contributed by atoms with Crippen molar-refractivity contribution >= 4 is 37.2 Å². The van der Waals surface area contributed by atoms with E-state index in [0.29, 0.717) is 0 Å². The van der Waals surface area contributed by atoms with Crippen LogP contribution in [0.5, 0.6) is 0 Å². The second-order valence-corrected chi connectivity index (χ2v) is 7.92. The van der Waals surface area contributed by atoms with Gasteiger partial charge in [0.25, 0.3) is 15.0 Å². The Hall–Kier alpha value is -0.780. The van der Waals surface area contributed by atoms with Crippen molar-refractivity contribution < 1.29 is 13.2 Å². The molecule has 1 N–H and O–H groups in total. The van der Waals surface area contributed by atoms with Crippen LogP contribution in [0.25, 0.3) is 0 Å². The third-order valence-electron chi connectivity index (χ3n) is 3.08. The first-order chi connectivity index (χ1) is 9.75. The lowest BCUT2D eigenvalue weighted by Crippen LogP contribution is -2.32. The number of halogens is 2. The number of carbonyl (C=O) groups is 1. The van der Waals surface area contributed by atoms with E-state index in [-0.39, 0.29) is 21.5 Å². The lowest BCUT2D eigenvalue weighted by Gasteiger charge is -2.14. The van der Waals surface area contributed by atoms with Gasteiger partial charge in [-0.3, -0.25) is 4.79 Å². The van der Waals surface area contributed by atoms with Crippen LogP contribution in [0.2, 0.25) is 5.02 Å². The molecule has 1 unspecified atom stereocenters. The summed E-state index contributed by atoms with van der Waals surface area (Å²) in [5.41, 5.74) is 0.112. The van der Waals surface area contributed by atoms with Crippen molar-refractivity contribution in [2.24, 2.45) is 0 Å². The van der Waals surface area contributed by atoms with E-state index < -0.39 is 15.0 Å². The fraction of sp³-hybridized carbons (Fsp3) is 0.500. The SMILES string of the molecule is CCCCCC(C)NC(=O)c1cc(S(=O)(=O)Cl)ccc1Cl. The van der Waals surface area contributed by atoms with Gasteiger partial charge in [-0.05, 0) is 31.5 Å². The van der Waals surface area contributed by atoms with Crippen molar-refractivity contribution in [2.45, 2.75) is 50.5 Å². The molecule has 21 heavy (non-hydrogen) atoms. The summed E-state index contributed by atoms with van der Waals surface area (Å²) in [6.07, 6.45) is 4.12. The molecule has 0 fully saturated rings. The van der Waals surface area contributed by atoms with Gasteiger partial charge in [0, 0.05) is 16.7 Å². The molecule has 4 nitrogen and oxygen atoms in total. The van der Waals surface area contributed by atoms with Crippen molar-refractivity contribution in [3.63, 3.8) is 0 Å². The molecule has 0 bridgehead atoms. The number of carbonyl (C=O) groups excluding carboxylic acids is 1. The van der Waals surface area contributed by atoms with Gasteiger partial charge >= 0.3 is 0 Å². The summed E-state index contributed by atoms with van der Waals surface area (Å²) >= 11 is 5.95. The molecule has 7 heteroatoms. The highest BCUT2D eigenvalue weighted by molar-refractivity contribution is 8.13. The highest BCUT2D eigenvalue weighted by Crippen LogP contribution is 2.23. The van der Waals surface area contributed by atoms with Crippen LogP contribution in [0.4, 0.5) is 0 Å². The summed E-state index contributed by atoms with van der Waals surface area (Å²) in [5, 5.41) is 3.01. The highest BCUT2D eigenvalue weighted by atomic mass is 35.7. The van der Waals surface area contributed by atoms with Crippen LogP contribution in [-0.4, -0.2) is 20.4 Å². The number of benzene rings is 1. The van der Waals surface area contributed by atoms with Crippen molar-refractivity contribution in [3.05, 3.63) is 28.8 Å². The summed E-state index contributed by atoms with van der Waals surface area (Å²) in [4.78, 5) is 12.0. The quantitative estimate of drug-likeness (QED) is 0.597. The molecule has 0 aliphatic rings. The maximum absolute atomic E-state index is 12.2. The highest BCUT2D eigenvalue weighted by Gasteiger charge is 2.17. The van der Waals surface area contributed by atoms with Crippen LogP contribution < -0.4 is 5.32 Å². The van der Waals surface area contributed by atoms with Gasteiger partial charge < -0.3 is 5.32 Å². The molecule has 1 aromatic carbocycles. The fourth-order valence-electron chi connectivity index (χ4n) is 1.90. The van der Waals surface area contributed by atoms with Crippen LogP contribution in [-0.2, 0) is 9.05 Å². The van der Waals surface area contributed by atoms with Gasteiger partial charge in [0.15, 0.2) is 0 Å². The Kier molecular flexibility index (Phi) is 6.97. The zero-order chi connectivity index (χ0) is 16.0. The number of nitrogens with one attached hydrogen (secondary N) is 1. The van der Waals surface area contributed by atoms with Gasteiger partial charge in [-0.15, -0.1) is 0 Å². The van der Waals surface area contributed by atoms with Crippen LogP contribution >= 0.6 is 22.3 Å². The Morgan fingerprint density at radius 3 is 2.57 bits per heavy atom. The summed E-state index contributed by atoms with van der Waals surface area (Å²) in [6.45, 7) is 4.02. The number of unbranched alkanes of at least 4 members (excludes halogenated alkanes) is 2. The topological polar surface area (TPSA) is 63.2 Å². The van der Waals surface area contributed by atoms with Gasteiger partial charge in [0.1, 0.15) is 0 Å². The number of hydrogen-bond acceptors (Lipinski definition) is 3. The molecule has 0 aliphatic heterocycles. The van der Waals surface area contributed by atoms with E-state index in [0.717, 1.165) is 25.7 Å². The molecule has 1 atom stereocenters. The molecular formula is C14H19Cl2NO3S. The normalized spacial score (nSPS) is 13.0. The lowest BCUT2D eigenvalue weighted by molar-refractivity contribution is 0.0938. The Bertz CT molecular complexity index is 602. The molecule has 0 aromatic heterocycles. The molecular weight excluding hydrogens is 333 g/mol. The number of rotatable bonds is 7. The van der Waals surface area contributed by atoms with Gasteiger partial charge in [0.05, 0.1) is 15.5 Å². The average molecular weight is 352 g/mol. The first-order valence-corrected chi connectivity index (χ1v) is 9.49. The molecule has 1 aromatic rings. The molecule has 0 spiro atoms. The first kappa shape index (κ1) is 18.3. The third-order valence-corrected chi connectivity index (χ3v) is 4.76. The summed E-state index contributed by atoms with van der Waals surface area (Å²) in [6, 6.07) is 3.81. The first-order valence-electron chi connectivity index (χ1n) is 6.80. The zero-order valence-electron chi connectivity index (χ0n) is 12.0. The van der Waals surface area contributed by atoms with Crippen molar-refractivity contribution in [1.29, 1.82) is 0 Å². The van der Waals surface area contributed by atoms with Crippen LogP contribution in [0.15, 0.2) is 23.1 Å². The zero-order valence-corrected chi connectivity index (χ0v) is 14.4. The Balaban J connectivity index is 2.82. The smallest absolute Gasteiger partial charge is 0.261 e. The van der Waals surface area contributed by atoms with Gasteiger partial charge in [-0.1, -0.05) is 37.8 Å². The van der Waals surface area contributed by atoms with Crippen molar-refractivity contribution in [2.75, 3.05) is 0 Å². The minimum Gasteiger partial charge on any atom is -0.350 e. The predicted octanol–water partition coefficient (Wildman–Crippen LogP) is 3.97. The van der Waals surface area contributed by atoms with E-state index in [1.54, 1.807) is 0 Å². The fourth-order valence-corrected chi connectivity index (χ4v) is 2.88. The Morgan fingerprint density at radius 1 is 1.33 bits per heavy atom. The van der Waals surface area contributed by atoms with E-state index in [1.165, 1.54) is 18.2 Å². The maximum atomic E-state index is 12.2. The molecule has 0 saturated carbocycles. The summed E-state index contributed by atoms with van der Waals surface area (Å²) in [5.74, 6) is -0.397. The largest absolute Gasteiger partial charge is 0.350 e. The second kappa shape index (κ2) is 8.01. The average Bonchev–Trinajstić information content (AvgIpc) is 2.37. The van der Waals surface area contributed by atoms with E-state index in [4.69, 9.17) is 22.3 Å². The Labute approximate surface area is 135 Å². The predicted molar refractivity (Wildman–Crippen MR) is 85.6 cm³/mol. The van der Waals surface area contributed by atoms with E-state index in [2.05, 4.69) is 12.2 Å². The minimum absolute atomic E-state index is 0.00335. The van der Waals surface area contributed by atoms with Crippen LogP contribution in [0.3, 0.4) is 0 Å². The summed E-state index contributed by atoms with van der Waals surface area (Å²) in [7, 11) is 1.39. The van der Waals surface area contributed by atoms with Crippen LogP contribution in [0.1, 0.15) is 49.9 Å². The van der Waals surface area contributed by atoms with E-state index >= 15 is 0 Å². The van der Waals surface area contributed by atoms with Crippen molar-refractivity contribution in [3.8, 4) is 0 Å².